The maximum Gasteiger partial charge on any atom is 0.280 e. The zero-order chi connectivity index (χ0) is 18.7. The van der Waals surface area contributed by atoms with Crippen LogP contribution in [0, 0.1) is 11.7 Å². The Morgan fingerprint density at radius 1 is 1.15 bits per heavy atom. The zero-order valence-electron chi connectivity index (χ0n) is 14.7. The molecule has 0 aliphatic heterocycles. The molecule has 134 valence electrons. The van der Waals surface area contributed by atoms with Crippen molar-refractivity contribution in [3.05, 3.63) is 76.1 Å². The van der Waals surface area contributed by atoms with Gasteiger partial charge in [-0.15, -0.1) is 0 Å². The number of fused-ring (bicyclic) bond motifs is 1. The lowest BCUT2D eigenvalue weighted by Crippen LogP contribution is -2.37. The fourth-order valence-corrected chi connectivity index (χ4v) is 2.78. The molecule has 0 radical (unpaired) electrons. The number of aromatic nitrogens is 2. The van der Waals surface area contributed by atoms with Crippen molar-refractivity contribution >= 4 is 16.8 Å². The first kappa shape index (κ1) is 17.8. The van der Waals surface area contributed by atoms with Crippen LogP contribution in [0.2, 0.25) is 0 Å². The van der Waals surface area contributed by atoms with Crippen LogP contribution in [0.4, 0.5) is 4.39 Å². The van der Waals surface area contributed by atoms with Crippen LogP contribution in [0.5, 0.6) is 0 Å². The van der Waals surface area contributed by atoms with Crippen LogP contribution >= 0.6 is 0 Å². The average molecular weight is 353 g/mol. The van der Waals surface area contributed by atoms with Crippen LogP contribution in [0.3, 0.4) is 0 Å². The van der Waals surface area contributed by atoms with Crippen molar-refractivity contribution in [2.45, 2.75) is 26.7 Å². The monoisotopic (exact) mass is 353 g/mol. The number of hydrogen-bond acceptors (Lipinski definition) is 3. The highest BCUT2D eigenvalue weighted by Crippen LogP contribution is 2.11. The summed E-state index contributed by atoms with van der Waals surface area (Å²) >= 11 is 0. The van der Waals surface area contributed by atoms with Gasteiger partial charge in [0.2, 0.25) is 5.91 Å². The molecule has 0 saturated carbocycles. The standard InChI is InChI=1S/C20H20FN3O2/c1-13(2)11-18-22-17-10-6-4-8-15(17)20(26)24(18)23-19(25)12-14-7-3-5-9-16(14)21/h3-10,13H,11-12H2,1-2H3,(H,23,25). The van der Waals surface area contributed by atoms with Crippen LogP contribution in [0.1, 0.15) is 25.2 Å². The predicted molar refractivity (Wildman–Crippen MR) is 99.0 cm³/mol. The first-order valence-corrected chi connectivity index (χ1v) is 8.49. The zero-order valence-corrected chi connectivity index (χ0v) is 14.7. The molecular weight excluding hydrogens is 333 g/mol. The highest BCUT2D eigenvalue weighted by atomic mass is 19.1. The summed E-state index contributed by atoms with van der Waals surface area (Å²) in [5.41, 5.74) is 3.11. The second-order valence-corrected chi connectivity index (χ2v) is 6.59. The number of nitrogens with zero attached hydrogens (tertiary/aromatic N) is 2. The number of halogens is 1. The van der Waals surface area contributed by atoms with E-state index in [0.717, 1.165) is 0 Å². The summed E-state index contributed by atoms with van der Waals surface area (Å²) in [5, 5.41) is 0.422. The van der Waals surface area contributed by atoms with Gasteiger partial charge in [0.05, 0.1) is 17.3 Å². The van der Waals surface area contributed by atoms with Crippen LogP contribution in [0.15, 0.2) is 53.3 Å². The summed E-state index contributed by atoms with van der Waals surface area (Å²) in [7, 11) is 0. The maximum atomic E-state index is 13.8. The maximum absolute atomic E-state index is 13.8. The average Bonchev–Trinajstić information content (AvgIpc) is 2.60. The number of hydrogen-bond donors (Lipinski definition) is 1. The molecule has 26 heavy (non-hydrogen) atoms. The Morgan fingerprint density at radius 2 is 1.85 bits per heavy atom. The summed E-state index contributed by atoms with van der Waals surface area (Å²) in [6, 6.07) is 13.1. The first-order chi connectivity index (χ1) is 12.5. The van der Waals surface area contributed by atoms with Crippen molar-refractivity contribution in [2.75, 3.05) is 5.43 Å². The molecule has 0 saturated heterocycles. The molecule has 0 bridgehead atoms. The highest BCUT2D eigenvalue weighted by molar-refractivity contribution is 5.86. The lowest BCUT2D eigenvalue weighted by Gasteiger charge is -2.15. The van der Waals surface area contributed by atoms with E-state index in [2.05, 4.69) is 10.4 Å². The summed E-state index contributed by atoms with van der Waals surface area (Å²) in [5.74, 6) is -0.198. The third-order valence-corrected chi connectivity index (χ3v) is 3.98. The number of carbonyl (C=O) groups excluding carboxylic acids is 1. The van der Waals surface area contributed by atoms with Gasteiger partial charge in [-0.1, -0.05) is 44.2 Å². The van der Waals surface area contributed by atoms with E-state index in [1.165, 1.54) is 10.7 Å². The van der Waals surface area contributed by atoms with Gasteiger partial charge in [-0.05, 0) is 29.7 Å². The van der Waals surface area contributed by atoms with Crippen molar-refractivity contribution < 1.29 is 9.18 Å². The molecule has 1 aromatic heterocycles. The van der Waals surface area contributed by atoms with E-state index in [-0.39, 0.29) is 23.5 Å². The Balaban J connectivity index is 1.97. The van der Waals surface area contributed by atoms with E-state index in [1.54, 1.807) is 36.4 Å². The second-order valence-electron chi connectivity index (χ2n) is 6.59. The molecule has 1 heterocycles. The van der Waals surface area contributed by atoms with Crippen molar-refractivity contribution in [2.24, 2.45) is 5.92 Å². The van der Waals surface area contributed by atoms with E-state index in [4.69, 9.17) is 0 Å². The SMILES string of the molecule is CC(C)Cc1nc2ccccc2c(=O)n1NC(=O)Cc1ccccc1F. The van der Waals surface area contributed by atoms with E-state index in [9.17, 15) is 14.0 Å². The van der Waals surface area contributed by atoms with Gasteiger partial charge < -0.3 is 0 Å². The fraction of sp³-hybridized carbons (Fsp3) is 0.250. The minimum atomic E-state index is -0.473. The lowest BCUT2D eigenvalue weighted by molar-refractivity contribution is -0.116. The second kappa shape index (κ2) is 7.47. The number of para-hydroxylation sites is 1. The van der Waals surface area contributed by atoms with Crippen molar-refractivity contribution in [1.82, 2.24) is 9.66 Å². The molecule has 1 amide bonds. The Morgan fingerprint density at radius 3 is 2.58 bits per heavy atom. The highest BCUT2D eigenvalue weighted by Gasteiger charge is 2.15. The van der Waals surface area contributed by atoms with Gasteiger partial charge in [-0.3, -0.25) is 15.0 Å². The van der Waals surface area contributed by atoms with Gasteiger partial charge in [-0.2, -0.15) is 0 Å². The lowest BCUT2D eigenvalue weighted by atomic mass is 10.1. The number of carbonyl (C=O) groups is 1. The van der Waals surface area contributed by atoms with Crippen molar-refractivity contribution in [3.8, 4) is 0 Å². The fourth-order valence-electron chi connectivity index (χ4n) is 2.78. The minimum Gasteiger partial charge on any atom is -0.273 e. The summed E-state index contributed by atoms with van der Waals surface area (Å²) in [4.78, 5) is 29.7. The smallest absolute Gasteiger partial charge is 0.273 e. The number of benzene rings is 2. The number of rotatable bonds is 5. The molecule has 5 nitrogen and oxygen atoms in total. The van der Waals surface area contributed by atoms with E-state index < -0.39 is 11.7 Å². The Labute approximate surface area is 150 Å². The molecule has 2 aromatic carbocycles. The predicted octanol–water partition coefficient (Wildman–Crippen LogP) is 3.05. The number of nitrogens with one attached hydrogen (secondary N) is 1. The van der Waals surface area contributed by atoms with Gasteiger partial charge >= 0.3 is 0 Å². The van der Waals surface area contributed by atoms with Gasteiger partial charge in [0.15, 0.2) is 0 Å². The molecule has 3 aromatic rings. The summed E-state index contributed by atoms with van der Waals surface area (Å²) in [6.45, 7) is 4.01. The molecule has 0 atom stereocenters. The van der Waals surface area contributed by atoms with E-state index in [0.29, 0.717) is 23.1 Å². The molecule has 1 N–H and O–H groups in total. The number of amides is 1. The van der Waals surface area contributed by atoms with Crippen molar-refractivity contribution in [3.63, 3.8) is 0 Å². The van der Waals surface area contributed by atoms with Gasteiger partial charge in [0.1, 0.15) is 11.6 Å². The molecular formula is C20H20FN3O2. The molecule has 3 rings (SSSR count). The molecule has 0 aliphatic carbocycles. The molecule has 0 fully saturated rings. The third kappa shape index (κ3) is 3.79. The Kier molecular flexibility index (Phi) is 5.11. The van der Waals surface area contributed by atoms with Gasteiger partial charge in [-0.25, -0.2) is 14.1 Å². The van der Waals surface area contributed by atoms with Crippen LogP contribution in [-0.2, 0) is 17.6 Å². The molecule has 6 heteroatoms. The van der Waals surface area contributed by atoms with Crippen LogP contribution in [0.25, 0.3) is 10.9 Å². The third-order valence-electron chi connectivity index (χ3n) is 3.98. The van der Waals surface area contributed by atoms with Gasteiger partial charge in [0.25, 0.3) is 5.56 Å². The molecule has 0 unspecified atom stereocenters. The normalized spacial score (nSPS) is 11.1. The largest absolute Gasteiger partial charge is 0.280 e. The van der Waals surface area contributed by atoms with E-state index in [1.807, 2.05) is 19.9 Å². The van der Waals surface area contributed by atoms with Crippen LogP contribution < -0.4 is 11.0 Å². The summed E-state index contributed by atoms with van der Waals surface area (Å²) in [6.07, 6.45) is 0.368. The minimum absolute atomic E-state index is 0.160. The Hall–Kier alpha value is -3.02. The van der Waals surface area contributed by atoms with E-state index >= 15 is 0 Å². The molecule has 0 aliphatic rings. The first-order valence-electron chi connectivity index (χ1n) is 8.49. The quantitative estimate of drug-likeness (QED) is 0.767. The van der Waals surface area contributed by atoms with Crippen molar-refractivity contribution in [1.29, 1.82) is 0 Å². The van der Waals surface area contributed by atoms with Gasteiger partial charge in [0, 0.05) is 6.42 Å². The topological polar surface area (TPSA) is 64.0 Å². The van der Waals surface area contributed by atoms with Crippen LogP contribution in [-0.4, -0.2) is 15.6 Å². The summed E-state index contributed by atoms with van der Waals surface area (Å²) < 4.78 is 15.0. The molecule has 0 spiro atoms. The Bertz CT molecular complexity index is 1010.